The fraction of sp³-hybridized carbons (Fsp3) is 0.222. The molecule has 0 bridgehead atoms. The lowest BCUT2D eigenvalue weighted by Crippen LogP contribution is -2.29. The van der Waals surface area contributed by atoms with Gasteiger partial charge in [0.2, 0.25) is 10.8 Å². The first kappa shape index (κ1) is 17.2. The molecule has 0 saturated carbocycles. The quantitative estimate of drug-likeness (QED) is 0.628. The van der Waals surface area contributed by atoms with E-state index in [1.165, 1.54) is 22.2 Å². The summed E-state index contributed by atoms with van der Waals surface area (Å²) in [7, 11) is 1.64. The fourth-order valence-electron chi connectivity index (χ4n) is 2.83. The molecule has 0 saturated heterocycles. The Bertz CT molecular complexity index is 876. The molecule has 2 heterocycles. The zero-order valence-corrected chi connectivity index (χ0v) is 14.8. The summed E-state index contributed by atoms with van der Waals surface area (Å²) < 4.78 is 6.82. The maximum Gasteiger partial charge on any atom is 0.230 e. The topological polar surface area (TPSA) is 62.9 Å². The second kappa shape index (κ2) is 7.50. The number of nitrogens with zero attached hydrogens (tertiary/aromatic N) is 4. The van der Waals surface area contributed by atoms with Gasteiger partial charge in [0.05, 0.1) is 18.0 Å². The van der Waals surface area contributed by atoms with E-state index in [2.05, 4.69) is 28.1 Å². The molecule has 0 amide bonds. The molecule has 1 atom stereocenters. The average molecular weight is 356 g/mol. The van der Waals surface area contributed by atoms with Gasteiger partial charge in [-0.25, -0.2) is 4.98 Å². The van der Waals surface area contributed by atoms with E-state index in [1.54, 1.807) is 7.11 Å². The number of fused-ring (bicyclic) bond motifs is 1. The second-order valence-electron chi connectivity index (χ2n) is 5.45. The summed E-state index contributed by atoms with van der Waals surface area (Å²) in [4.78, 5) is 7.78. The Kier molecular flexibility index (Phi) is 5.16. The lowest BCUT2D eigenvalue weighted by atomic mass is 10.0. The van der Waals surface area contributed by atoms with E-state index in [0.29, 0.717) is 18.1 Å². The Morgan fingerprint density at radius 2 is 2.12 bits per heavy atom. The van der Waals surface area contributed by atoms with Crippen molar-refractivity contribution in [2.45, 2.75) is 6.04 Å². The summed E-state index contributed by atoms with van der Waals surface area (Å²) in [6.45, 7) is 8.98. The van der Waals surface area contributed by atoms with E-state index in [9.17, 15) is 5.11 Å². The summed E-state index contributed by atoms with van der Waals surface area (Å²) in [5.74, 6) is 0.863. The van der Waals surface area contributed by atoms with Gasteiger partial charge in [0.25, 0.3) is 0 Å². The first-order valence-corrected chi connectivity index (χ1v) is 8.62. The Hall–Kier alpha value is -2.64. The monoisotopic (exact) mass is 356 g/mol. The van der Waals surface area contributed by atoms with Gasteiger partial charge in [-0.05, 0) is 17.7 Å². The van der Waals surface area contributed by atoms with Gasteiger partial charge in [-0.15, -0.1) is 13.2 Å². The van der Waals surface area contributed by atoms with Crippen molar-refractivity contribution >= 4 is 16.3 Å². The third kappa shape index (κ3) is 3.29. The van der Waals surface area contributed by atoms with Crippen molar-refractivity contribution in [2.24, 2.45) is 0 Å². The molecule has 6 nitrogen and oxygen atoms in total. The van der Waals surface area contributed by atoms with E-state index < -0.39 is 0 Å². The maximum atomic E-state index is 10.7. The van der Waals surface area contributed by atoms with Crippen LogP contribution in [0.15, 0.2) is 55.9 Å². The molecular formula is C18H20N4O2S. The first-order valence-electron chi connectivity index (χ1n) is 7.80. The van der Waals surface area contributed by atoms with Crippen LogP contribution in [0.4, 0.5) is 0 Å². The highest BCUT2D eigenvalue weighted by molar-refractivity contribution is 7.17. The smallest absolute Gasteiger partial charge is 0.230 e. The third-order valence-electron chi connectivity index (χ3n) is 3.89. The van der Waals surface area contributed by atoms with E-state index in [1.807, 2.05) is 36.4 Å². The van der Waals surface area contributed by atoms with Gasteiger partial charge in [-0.3, -0.25) is 4.90 Å². The van der Waals surface area contributed by atoms with Gasteiger partial charge in [0.15, 0.2) is 0 Å². The van der Waals surface area contributed by atoms with Gasteiger partial charge in [0, 0.05) is 13.1 Å². The molecule has 0 radical (unpaired) electrons. The number of aromatic hydroxyl groups is 1. The van der Waals surface area contributed by atoms with Crippen LogP contribution in [-0.4, -0.2) is 44.8 Å². The Morgan fingerprint density at radius 3 is 2.76 bits per heavy atom. The molecule has 0 aliphatic carbocycles. The third-order valence-corrected chi connectivity index (χ3v) is 4.98. The SMILES string of the molecule is C=CCN(CC=C)C(c1cccc(OC)c1)c1sc2ncnn2c1O. The predicted molar refractivity (Wildman–Crippen MR) is 99.3 cm³/mol. The normalized spacial score (nSPS) is 12.4. The summed E-state index contributed by atoms with van der Waals surface area (Å²) in [6, 6.07) is 7.63. The van der Waals surface area contributed by atoms with Crippen LogP contribution in [0.5, 0.6) is 11.6 Å². The molecule has 130 valence electrons. The minimum Gasteiger partial charge on any atom is -0.497 e. The Labute approximate surface area is 150 Å². The highest BCUT2D eigenvalue weighted by Gasteiger charge is 2.28. The second-order valence-corrected chi connectivity index (χ2v) is 6.46. The highest BCUT2D eigenvalue weighted by Crippen LogP contribution is 2.40. The lowest BCUT2D eigenvalue weighted by Gasteiger charge is -2.29. The highest BCUT2D eigenvalue weighted by atomic mass is 32.1. The number of benzene rings is 1. The fourth-order valence-corrected chi connectivity index (χ4v) is 3.92. The van der Waals surface area contributed by atoms with Crippen LogP contribution < -0.4 is 4.74 Å². The Morgan fingerprint density at radius 1 is 1.36 bits per heavy atom. The van der Waals surface area contributed by atoms with Crippen LogP contribution >= 0.6 is 11.3 Å². The van der Waals surface area contributed by atoms with Crippen molar-refractivity contribution in [2.75, 3.05) is 20.2 Å². The van der Waals surface area contributed by atoms with Crippen LogP contribution in [0, 0.1) is 0 Å². The summed E-state index contributed by atoms with van der Waals surface area (Å²) in [5.41, 5.74) is 1.00. The molecule has 0 aliphatic rings. The molecule has 25 heavy (non-hydrogen) atoms. The Balaban J connectivity index is 2.15. The summed E-state index contributed by atoms with van der Waals surface area (Å²) >= 11 is 1.42. The molecule has 2 aromatic heterocycles. The predicted octanol–water partition coefficient (Wildman–Crippen LogP) is 3.27. The molecule has 1 aromatic carbocycles. The molecule has 7 heteroatoms. The minimum absolute atomic E-state index is 0.100. The molecule has 0 fully saturated rings. The molecule has 0 spiro atoms. The number of ether oxygens (including phenoxy) is 1. The minimum atomic E-state index is -0.195. The number of thiazole rings is 1. The lowest BCUT2D eigenvalue weighted by molar-refractivity contribution is 0.273. The first-order chi connectivity index (χ1) is 12.2. The van der Waals surface area contributed by atoms with Gasteiger partial charge in [0.1, 0.15) is 12.1 Å². The van der Waals surface area contributed by atoms with E-state index in [-0.39, 0.29) is 11.9 Å². The zero-order valence-electron chi connectivity index (χ0n) is 14.0. The molecule has 1 N–H and O–H groups in total. The van der Waals surface area contributed by atoms with E-state index >= 15 is 0 Å². The van der Waals surface area contributed by atoms with Gasteiger partial charge in [-0.2, -0.15) is 9.61 Å². The van der Waals surface area contributed by atoms with Crippen LogP contribution in [0.2, 0.25) is 0 Å². The number of hydrogen-bond donors (Lipinski definition) is 1. The van der Waals surface area contributed by atoms with Crippen molar-refractivity contribution in [3.63, 3.8) is 0 Å². The van der Waals surface area contributed by atoms with Crippen molar-refractivity contribution in [3.05, 3.63) is 66.3 Å². The molecule has 1 unspecified atom stereocenters. The van der Waals surface area contributed by atoms with Crippen molar-refractivity contribution in [1.82, 2.24) is 19.5 Å². The number of hydrogen-bond acceptors (Lipinski definition) is 6. The number of methoxy groups -OCH3 is 1. The van der Waals surface area contributed by atoms with Crippen LogP contribution in [0.1, 0.15) is 16.5 Å². The number of aromatic nitrogens is 3. The summed E-state index contributed by atoms with van der Waals surface area (Å²) in [5, 5.41) is 14.8. The van der Waals surface area contributed by atoms with Crippen LogP contribution in [0.3, 0.4) is 0 Å². The van der Waals surface area contributed by atoms with Crippen molar-refractivity contribution in [3.8, 4) is 11.6 Å². The van der Waals surface area contributed by atoms with Crippen molar-refractivity contribution in [1.29, 1.82) is 0 Å². The molecule has 3 rings (SSSR count). The number of rotatable bonds is 8. The maximum absolute atomic E-state index is 10.7. The zero-order chi connectivity index (χ0) is 17.8. The van der Waals surface area contributed by atoms with Crippen LogP contribution in [0.25, 0.3) is 4.96 Å². The van der Waals surface area contributed by atoms with Gasteiger partial charge in [-0.1, -0.05) is 35.6 Å². The van der Waals surface area contributed by atoms with E-state index in [0.717, 1.165) is 16.2 Å². The largest absolute Gasteiger partial charge is 0.497 e. The molecule has 3 aromatic rings. The van der Waals surface area contributed by atoms with Crippen molar-refractivity contribution < 1.29 is 9.84 Å². The molecular weight excluding hydrogens is 336 g/mol. The standard InChI is InChI=1S/C18H20N4O2S/c1-4-9-21(10-5-2)15(13-7-6-8-14(11-13)24-3)16-17(23)22-18(25-16)19-12-20-22/h4-8,11-12,15,23H,1-2,9-10H2,3H3. The van der Waals surface area contributed by atoms with Crippen LogP contribution in [-0.2, 0) is 0 Å². The molecule has 0 aliphatic heterocycles. The van der Waals surface area contributed by atoms with E-state index in [4.69, 9.17) is 4.74 Å². The average Bonchev–Trinajstić information content (AvgIpc) is 3.20. The van der Waals surface area contributed by atoms with Gasteiger partial charge >= 0.3 is 0 Å². The van der Waals surface area contributed by atoms with Gasteiger partial charge < -0.3 is 9.84 Å². The summed E-state index contributed by atoms with van der Waals surface area (Å²) in [6.07, 6.45) is 5.11.